The van der Waals surface area contributed by atoms with Crippen LogP contribution < -0.4 is 0 Å². The van der Waals surface area contributed by atoms with Gasteiger partial charge in [0, 0.05) is 10.9 Å². The van der Waals surface area contributed by atoms with Gasteiger partial charge in [-0.25, -0.2) is 14.4 Å². The maximum absolute atomic E-state index is 12.9. The predicted octanol–water partition coefficient (Wildman–Crippen LogP) is 4.09. The molecule has 0 N–H and O–H groups in total. The average molecular weight is 259 g/mol. The second-order valence-corrected chi connectivity index (χ2v) is 4.20. The van der Waals surface area contributed by atoms with E-state index in [9.17, 15) is 4.39 Å². The van der Waals surface area contributed by atoms with Crippen molar-refractivity contribution < 1.29 is 4.39 Å². The number of halogens is 2. The van der Waals surface area contributed by atoms with Crippen LogP contribution in [-0.4, -0.2) is 9.97 Å². The largest absolute Gasteiger partial charge is 0.223 e. The lowest BCUT2D eigenvalue weighted by molar-refractivity contribution is 0.628. The average Bonchev–Trinajstić information content (AvgIpc) is 2.38. The fourth-order valence-corrected chi connectivity index (χ4v) is 2.05. The molecule has 0 fully saturated rings. The zero-order valence-corrected chi connectivity index (χ0v) is 10.0. The maximum atomic E-state index is 12.9. The van der Waals surface area contributed by atoms with Crippen molar-refractivity contribution in [3.63, 3.8) is 0 Å². The molecule has 0 radical (unpaired) electrons. The first-order chi connectivity index (χ1) is 8.74. The minimum absolute atomic E-state index is 0.188. The SMILES string of the molecule is Fc1ccc(-c2nc(Cl)nc3ccccc23)cc1. The van der Waals surface area contributed by atoms with E-state index in [2.05, 4.69) is 9.97 Å². The van der Waals surface area contributed by atoms with Gasteiger partial charge in [-0.3, -0.25) is 0 Å². The summed E-state index contributed by atoms with van der Waals surface area (Å²) in [5.41, 5.74) is 2.30. The second kappa shape index (κ2) is 4.35. The summed E-state index contributed by atoms with van der Waals surface area (Å²) < 4.78 is 12.9. The van der Waals surface area contributed by atoms with Crippen LogP contribution in [0.2, 0.25) is 5.28 Å². The number of hydrogen-bond donors (Lipinski definition) is 0. The molecule has 88 valence electrons. The fourth-order valence-electron chi connectivity index (χ4n) is 1.88. The van der Waals surface area contributed by atoms with Gasteiger partial charge in [-0.2, -0.15) is 0 Å². The van der Waals surface area contributed by atoms with Crippen molar-refractivity contribution in [2.75, 3.05) is 0 Å². The quantitative estimate of drug-likeness (QED) is 0.615. The summed E-state index contributed by atoms with van der Waals surface area (Å²) in [6.07, 6.45) is 0. The van der Waals surface area contributed by atoms with Crippen molar-refractivity contribution in [2.24, 2.45) is 0 Å². The van der Waals surface area contributed by atoms with Crippen LogP contribution in [-0.2, 0) is 0 Å². The minimum atomic E-state index is -0.275. The lowest BCUT2D eigenvalue weighted by atomic mass is 10.1. The number of aromatic nitrogens is 2. The van der Waals surface area contributed by atoms with Gasteiger partial charge in [-0.15, -0.1) is 0 Å². The molecule has 0 bridgehead atoms. The highest BCUT2D eigenvalue weighted by Crippen LogP contribution is 2.27. The van der Waals surface area contributed by atoms with Crippen molar-refractivity contribution in [1.29, 1.82) is 0 Å². The van der Waals surface area contributed by atoms with Gasteiger partial charge in [-0.1, -0.05) is 18.2 Å². The lowest BCUT2D eigenvalue weighted by Gasteiger charge is -2.06. The highest BCUT2D eigenvalue weighted by molar-refractivity contribution is 6.28. The van der Waals surface area contributed by atoms with Gasteiger partial charge in [0.2, 0.25) is 5.28 Å². The summed E-state index contributed by atoms with van der Waals surface area (Å²) in [5.74, 6) is -0.275. The van der Waals surface area contributed by atoms with E-state index in [1.165, 1.54) is 12.1 Å². The zero-order chi connectivity index (χ0) is 12.5. The Hall–Kier alpha value is -2.00. The molecule has 0 unspecified atom stereocenters. The Morgan fingerprint density at radius 2 is 1.61 bits per heavy atom. The Balaban J connectivity index is 2.31. The lowest BCUT2D eigenvalue weighted by Crippen LogP contribution is -1.91. The van der Waals surface area contributed by atoms with Crippen molar-refractivity contribution in [3.05, 3.63) is 59.6 Å². The molecule has 0 aliphatic rings. The molecular formula is C14H8ClFN2. The van der Waals surface area contributed by atoms with E-state index in [1.54, 1.807) is 12.1 Å². The summed E-state index contributed by atoms with van der Waals surface area (Å²) in [6.45, 7) is 0. The van der Waals surface area contributed by atoms with E-state index >= 15 is 0 Å². The minimum Gasteiger partial charge on any atom is -0.218 e. The first-order valence-corrected chi connectivity index (χ1v) is 5.80. The standard InChI is InChI=1S/C14H8ClFN2/c15-14-17-12-4-2-1-3-11(12)13(18-14)9-5-7-10(16)8-6-9/h1-8H. The first kappa shape index (κ1) is 11.1. The van der Waals surface area contributed by atoms with Crippen molar-refractivity contribution >= 4 is 22.5 Å². The molecule has 3 rings (SSSR count). The molecule has 0 atom stereocenters. The Kier molecular flexibility index (Phi) is 2.68. The van der Waals surface area contributed by atoms with Crippen molar-refractivity contribution in [1.82, 2.24) is 9.97 Å². The maximum Gasteiger partial charge on any atom is 0.223 e. The van der Waals surface area contributed by atoms with E-state index in [0.717, 1.165) is 16.5 Å². The molecule has 18 heavy (non-hydrogen) atoms. The van der Waals surface area contributed by atoms with Gasteiger partial charge in [0.15, 0.2) is 0 Å². The molecular weight excluding hydrogens is 251 g/mol. The van der Waals surface area contributed by atoms with E-state index in [4.69, 9.17) is 11.6 Å². The highest BCUT2D eigenvalue weighted by atomic mass is 35.5. The molecule has 2 aromatic carbocycles. The zero-order valence-electron chi connectivity index (χ0n) is 9.27. The molecule has 1 heterocycles. The normalized spacial score (nSPS) is 10.8. The monoisotopic (exact) mass is 258 g/mol. The molecule has 0 saturated heterocycles. The van der Waals surface area contributed by atoms with Crippen LogP contribution in [0.3, 0.4) is 0 Å². The van der Waals surface area contributed by atoms with Crippen LogP contribution in [0.1, 0.15) is 0 Å². The molecule has 0 spiro atoms. The van der Waals surface area contributed by atoms with E-state index in [-0.39, 0.29) is 11.1 Å². The molecule has 4 heteroatoms. The number of nitrogens with zero attached hydrogens (tertiary/aromatic N) is 2. The Bertz CT molecular complexity index is 711. The molecule has 0 aliphatic carbocycles. The number of rotatable bonds is 1. The Labute approximate surface area is 108 Å². The third-order valence-corrected chi connectivity index (χ3v) is 2.86. The van der Waals surface area contributed by atoms with Crippen LogP contribution in [0.5, 0.6) is 0 Å². The van der Waals surface area contributed by atoms with E-state index in [1.807, 2.05) is 24.3 Å². The molecule has 3 aromatic rings. The van der Waals surface area contributed by atoms with Crippen LogP contribution >= 0.6 is 11.6 Å². The Morgan fingerprint density at radius 3 is 2.39 bits per heavy atom. The van der Waals surface area contributed by atoms with Gasteiger partial charge in [0.05, 0.1) is 11.2 Å². The highest BCUT2D eigenvalue weighted by Gasteiger charge is 2.08. The molecule has 1 aromatic heterocycles. The van der Waals surface area contributed by atoms with Gasteiger partial charge in [0.25, 0.3) is 0 Å². The smallest absolute Gasteiger partial charge is 0.218 e. The van der Waals surface area contributed by atoms with Crippen LogP contribution in [0.15, 0.2) is 48.5 Å². The third kappa shape index (κ3) is 1.93. The molecule has 2 nitrogen and oxygen atoms in total. The second-order valence-electron chi connectivity index (χ2n) is 3.87. The van der Waals surface area contributed by atoms with E-state index in [0.29, 0.717) is 5.69 Å². The number of benzene rings is 2. The number of fused-ring (bicyclic) bond motifs is 1. The number of para-hydroxylation sites is 1. The Morgan fingerprint density at radius 1 is 0.889 bits per heavy atom. The fraction of sp³-hybridized carbons (Fsp3) is 0. The van der Waals surface area contributed by atoms with Gasteiger partial charge in [0.1, 0.15) is 5.82 Å². The van der Waals surface area contributed by atoms with E-state index < -0.39 is 0 Å². The molecule has 0 aliphatic heterocycles. The topological polar surface area (TPSA) is 25.8 Å². The first-order valence-electron chi connectivity index (χ1n) is 5.42. The van der Waals surface area contributed by atoms with Crippen LogP contribution in [0.4, 0.5) is 4.39 Å². The summed E-state index contributed by atoms with van der Waals surface area (Å²) in [7, 11) is 0. The van der Waals surface area contributed by atoms with Gasteiger partial charge in [-0.05, 0) is 41.9 Å². The predicted molar refractivity (Wildman–Crippen MR) is 69.9 cm³/mol. The molecule has 0 saturated carbocycles. The van der Waals surface area contributed by atoms with Crippen molar-refractivity contribution in [2.45, 2.75) is 0 Å². The van der Waals surface area contributed by atoms with Crippen LogP contribution in [0, 0.1) is 5.82 Å². The summed E-state index contributed by atoms with van der Waals surface area (Å²) in [5, 5.41) is 1.08. The number of hydrogen-bond acceptors (Lipinski definition) is 2. The van der Waals surface area contributed by atoms with Crippen molar-refractivity contribution in [3.8, 4) is 11.3 Å². The summed E-state index contributed by atoms with van der Waals surface area (Å²) in [4.78, 5) is 8.39. The summed E-state index contributed by atoms with van der Waals surface area (Å²) >= 11 is 5.91. The molecule has 0 amide bonds. The van der Waals surface area contributed by atoms with Gasteiger partial charge < -0.3 is 0 Å². The van der Waals surface area contributed by atoms with Crippen LogP contribution in [0.25, 0.3) is 22.2 Å². The summed E-state index contributed by atoms with van der Waals surface area (Å²) in [6, 6.07) is 13.8. The van der Waals surface area contributed by atoms with Gasteiger partial charge >= 0.3 is 0 Å². The third-order valence-electron chi connectivity index (χ3n) is 2.69.